The lowest BCUT2D eigenvalue weighted by molar-refractivity contribution is -0.142. The van der Waals surface area contributed by atoms with Crippen LogP contribution in [-0.4, -0.2) is 78.5 Å². The Morgan fingerprint density at radius 2 is 2.09 bits per heavy atom. The number of nitrogens with one attached hydrogen (secondary N) is 2. The zero-order valence-corrected chi connectivity index (χ0v) is 19.6. The van der Waals surface area contributed by atoms with Crippen LogP contribution in [0.1, 0.15) is 20.3 Å². The number of aromatic nitrogens is 3. The van der Waals surface area contributed by atoms with Gasteiger partial charge in [0.1, 0.15) is 18.2 Å². The molecular formula is C22H28N6O4S. The number of thioether (sulfide) groups is 1. The molecule has 4 heterocycles. The molecule has 1 aromatic carbocycles. The Balaban J connectivity index is 1.49. The minimum absolute atomic E-state index is 0.00459. The van der Waals surface area contributed by atoms with Crippen molar-refractivity contribution in [1.82, 2.24) is 30.5 Å². The molecule has 3 aliphatic rings. The monoisotopic (exact) mass is 472 g/mol. The fraction of sp³-hybridized carbons (Fsp3) is 0.591. The van der Waals surface area contributed by atoms with Gasteiger partial charge >= 0.3 is 0 Å². The molecular weight excluding hydrogens is 444 g/mol. The van der Waals surface area contributed by atoms with E-state index >= 15 is 0 Å². The highest BCUT2D eigenvalue weighted by molar-refractivity contribution is 8.02. The zero-order valence-electron chi connectivity index (χ0n) is 18.8. The van der Waals surface area contributed by atoms with Crippen LogP contribution in [0, 0.1) is 17.8 Å². The number of hydrogen-bond acceptors (Lipinski definition) is 7. The summed E-state index contributed by atoms with van der Waals surface area (Å²) in [7, 11) is 1.58. The van der Waals surface area contributed by atoms with E-state index in [-0.39, 0.29) is 42.2 Å². The quantitative estimate of drug-likeness (QED) is 0.538. The average Bonchev–Trinajstić information content (AvgIpc) is 3.53. The third kappa shape index (κ3) is 3.01. The number of likely N-dealkylation sites (tertiary alicyclic amines) is 1. The van der Waals surface area contributed by atoms with E-state index in [2.05, 4.69) is 27.9 Å². The number of amides is 3. The van der Waals surface area contributed by atoms with Crippen molar-refractivity contribution in [3.63, 3.8) is 0 Å². The maximum atomic E-state index is 13.7. The summed E-state index contributed by atoms with van der Waals surface area (Å²) in [4.78, 5) is 41.7. The lowest BCUT2D eigenvalue weighted by Crippen LogP contribution is -2.58. The van der Waals surface area contributed by atoms with E-state index in [0.717, 1.165) is 17.5 Å². The van der Waals surface area contributed by atoms with E-state index in [0.29, 0.717) is 0 Å². The van der Waals surface area contributed by atoms with E-state index in [1.54, 1.807) is 30.4 Å². The topological polar surface area (TPSA) is 129 Å². The van der Waals surface area contributed by atoms with Crippen LogP contribution in [0.2, 0.25) is 0 Å². The Labute approximate surface area is 195 Å². The molecule has 3 fully saturated rings. The first-order chi connectivity index (χ1) is 15.8. The maximum absolute atomic E-state index is 13.7. The molecule has 3 aliphatic heterocycles. The van der Waals surface area contributed by atoms with Crippen LogP contribution in [-0.2, 0) is 21.1 Å². The highest BCUT2D eigenvalue weighted by atomic mass is 32.2. The van der Waals surface area contributed by atoms with Crippen molar-refractivity contribution in [2.45, 2.75) is 49.0 Å². The van der Waals surface area contributed by atoms with E-state index in [1.165, 1.54) is 4.90 Å². The van der Waals surface area contributed by atoms with Crippen molar-refractivity contribution in [3.8, 4) is 0 Å². The number of aliphatic hydroxyl groups excluding tert-OH is 1. The van der Waals surface area contributed by atoms with Crippen molar-refractivity contribution in [3.05, 3.63) is 24.3 Å². The first-order valence-electron chi connectivity index (χ1n) is 11.2. The summed E-state index contributed by atoms with van der Waals surface area (Å²) in [5.41, 5.74) is 1.52. The van der Waals surface area contributed by atoms with Crippen LogP contribution in [0.25, 0.3) is 11.0 Å². The Kier molecular flexibility index (Phi) is 5.36. The number of hydrogen-bond donors (Lipinski definition) is 3. The Bertz CT molecular complexity index is 1120. The van der Waals surface area contributed by atoms with Gasteiger partial charge in [0, 0.05) is 12.3 Å². The largest absolute Gasteiger partial charge is 0.394 e. The van der Waals surface area contributed by atoms with Gasteiger partial charge in [-0.15, -0.1) is 16.9 Å². The molecule has 10 nitrogen and oxygen atoms in total. The molecule has 0 aliphatic carbocycles. The highest BCUT2D eigenvalue weighted by Crippen LogP contribution is 2.68. The lowest BCUT2D eigenvalue weighted by Gasteiger charge is -2.39. The second kappa shape index (κ2) is 7.98. The number of aliphatic hydroxyl groups is 1. The Morgan fingerprint density at radius 1 is 1.33 bits per heavy atom. The number of fused-ring (bicyclic) bond motifs is 2. The Hall–Kier alpha value is -2.66. The van der Waals surface area contributed by atoms with Gasteiger partial charge in [0.25, 0.3) is 0 Å². The van der Waals surface area contributed by atoms with Gasteiger partial charge in [-0.1, -0.05) is 24.3 Å². The molecule has 0 saturated carbocycles. The van der Waals surface area contributed by atoms with Gasteiger partial charge in [0.2, 0.25) is 17.7 Å². The molecule has 1 aromatic heterocycles. The van der Waals surface area contributed by atoms with Crippen molar-refractivity contribution in [2.24, 2.45) is 17.8 Å². The first-order valence-corrected chi connectivity index (χ1v) is 12.1. The molecule has 7 atom stereocenters. The fourth-order valence-corrected chi connectivity index (χ4v) is 8.48. The molecule has 176 valence electrons. The molecule has 5 rings (SSSR count). The van der Waals surface area contributed by atoms with Gasteiger partial charge < -0.3 is 20.6 Å². The standard InChI is InChI=1S/C22H28N6O4S/c1-11-8-15-16(19(30)23-3)17-21(32)28(12(2)9-29)18(22(11,17)33-15)20(31)24-10-27-14-7-5-4-6-13(14)25-26-27/h4-7,11-12,15-18,29H,8-10H2,1-3H3,(H,23,30)(H,24,31)/t11?,12-,15-,16+,17+,18?,22?/m1/s1. The number of rotatable bonds is 6. The maximum Gasteiger partial charge on any atom is 0.245 e. The summed E-state index contributed by atoms with van der Waals surface area (Å²) in [6.07, 6.45) is 0.769. The van der Waals surface area contributed by atoms with E-state index in [4.69, 9.17) is 0 Å². The lowest BCUT2D eigenvalue weighted by atomic mass is 9.66. The van der Waals surface area contributed by atoms with Gasteiger partial charge in [-0.05, 0) is 31.4 Å². The fourth-order valence-electron chi connectivity index (χ4n) is 6.07. The van der Waals surface area contributed by atoms with Crippen molar-refractivity contribution in [1.29, 1.82) is 0 Å². The molecule has 2 aromatic rings. The number of benzene rings is 1. The molecule has 11 heteroatoms. The summed E-state index contributed by atoms with van der Waals surface area (Å²) in [5, 5.41) is 23.8. The molecule has 3 N–H and O–H groups in total. The summed E-state index contributed by atoms with van der Waals surface area (Å²) in [5.74, 6) is -1.68. The predicted octanol–water partition coefficient (Wildman–Crippen LogP) is -0.0310. The van der Waals surface area contributed by atoms with Gasteiger partial charge in [-0.2, -0.15) is 0 Å². The summed E-state index contributed by atoms with van der Waals surface area (Å²) >= 11 is 1.61. The van der Waals surface area contributed by atoms with Gasteiger partial charge in [-0.25, -0.2) is 4.68 Å². The predicted molar refractivity (Wildman–Crippen MR) is 122 cm³/mol. The second-order valence-corrected chi connectivity index (χ2v) is 10.8. The normalized spacial score (nSPS) is 33.4. The van der Waals surface area contributed by atoms with Crippen molar-refractivity contribution >= 4 is 40.5 Å². The zero-order chi connectivity index (χ0) is 23.5. The SMILES string of the molecule is CNC(=O)[C@@H]1[C@H]2C(=O)N([C@H](C)CO)C(C(=O)NCn3nnc4ccccc43)C23S[C@@H]1CC3C. The molecule has 3 saturated heterocycles. The summed E-state index contributed by atoms with van der Waals surface area (Å²) in [6.45, 7) is 3.63. The third-order valence-electron chi connectivity index (χ3n) is 7.54. The Morgan fingerprint density at radius 3 is 2.82 bits per heavy atom. The van der Waals surface area contributed by atoms with Gasteiger partial charge in [0.15, 0.2) is 0 Å². The molecule has 0 radical (unpaired) electrons. The van der Waals surface area contributed by atoms with Crippen LogP contribution in [0.15, 0.2) is 24.3 Å². The van der Waals surface area contributed by atoms with Gasteiger partial charge in [-0.3, -0.25) is 14.4 Å². The van der Waals surface area contributed by atoms with E-state index in [9.17, 15) is 19.5 Å². The molecule has 33 heavy (non-hydrogen) atoms. The molecule has 2 bridgehead atoms. The van der Waals surface area contributed by atoms with Crippen LogP contribution in [0.4, 0.5) is 0 Å². The van der Waals surface area contributed by atoms with Gasteiger partial charge in [0.05, 0.1) is 34.7 Å². The van der Waals surface area contributed by atoms with Crippen LogP contribution < -0.4 is 10.6 Å². The highest BCUT2D eigenvalue weighted by Gasteiger charge is 2.76. The number of carbonyl (C=O) groups is 3. The molecule has 3 amide bonds. The summed E-state index contributed by atoms with van der Waals surface area (Å²) in [6, 6.07) is 6.14. The smallest absolute Gasteiger partial charge is 0.245 e. The third-order valence-corrected chi connectivity index (χ3v) is 9.62. The minimum Gasteiger partial charge on any atom is -0.394 e. The molecule has 3 unspecified atom stereocenters. The van der Waals surface area contributed by atoms with Crippen molar-refractivity contribution in [2.75, 3.05) is 13.7 Å². The van der Waals surface area contributed by atoms with E-state index in [1.807, 2.05) is 24.3 Å². The number of carbonyl (C=O) groups excluding carboxylic acids is 3. The number of nitrogens with zero attached hydrogens (tertiary/aromatic N) is 4. The molecule has 1 spiro atoms. The van der Waals surface area contributed by atoms with Crippen LogP contribution in [0.5, 0.6) is 0 Å². The van der Waals surface area contributed by atoms with Crippen LogP contribution in [0.3, 0.4) is 0 Å². The minimum atomic E-state index is -0.786. The first kappa shape index (κ1) is 22.1. The second-order valence-electron chi connectivity index (χ2n) is 9.22. The van der Waals surface area contributed by atoms with Crippen molar-refractivity contribution < 1.29 is 19.5 Å². The van der Waals surface area contributed by atoms with E-state index < -0.39 is 28.7 Å². The average molecular weight is 473 g/mol. The summed E-state index contributed by atoms with van der Waals surface area (Å²) < 4.78 is 0.895. The van der Waals surface area contributed by atoms with Crippen LogP contribution >= 0.6 is 11.8 Å². The number of para-hydroxylation sites is 1.